The van der Waals surface area contributed by atoms with Crippen LogP contribution in [0.5, 0.6) is 0 Å². The zero-order valence-electron chi connectivity index (χ0n) is 14.2. The lowest BCUT2D eigenvalue weighted by Crippen LogP contribution is -2.22. The van der Waals surface area contributed by atoms with Crippen molar-refractivity contribution in [2.75, 3.05) is 0 Å². The number of halogens is 1. The summed E-state index contributed by atoms with van der Waals surface area (Å²) in [7, 11) is -0.661. The molecule has 4 aromatic rings. The van der Waals surface area contributed by atoms with Gasteiger partial charge in [0.15, 0.2) is 0 Å². The topological polar surface area (TPSA) is 0 Å². The Morgan fingerprint density at radius 2 is 0.923 bits per heavy atom. The Balaban J connectivity index is 1.95. The summed E-state index contributed by atoms with van der Waals surface area (Å²) in [6.07, 6.45) is 0. The van der Waals surface area contributed by atoms with Crippen molar-refractivity contribution in [2.45, 2.75) is 0 Å². The zero-order valence-corrected chi connectivity index (χ0v) is 15.9. The fourth-order valence-electron chi connectivity index (χ4n) is 3.16. The first kappa shape index (κ1) is 17.0. The van der Waals surface area contributed by atoms with E-state index in [-0.39, 0.29) is 0 Å². The predicted octanol–water partition coefficient (Wildman–Crippen LogP) is 5.77. The molecule has 0 aliphatic carbocycles. The van der Waals surface area contributed by atoms with Crippen LogP contribution >= 0.6 is 19.5 Å². The van der Waals surface area contributed by atoms with Crippen molar-refractivity contribution in [1.82, 2.24) is 0 Å². The molecule has 0 atom stereocenters. The minimum Gasteiger partial charge on any atom is -0.0837 e. The average Bonchev–Trinajstić information content (AvgIpc) is 2.71. The lowest BCUT2D eigenvalue weighted by molar-refractivity contribution is 1.64. The second-order valence-corrected chi connectivity index (χ2v) is 8.60. The molecule has 0 bridgehead atoms. The van der Waals surface area contributed by atoms with Gasteiger partial charge in [-0.25, -0.2) is 0 Å². The number of rotatable bonds is 4. The molecule has 0 aromatic heterocycles. The van der Waals surface area contributed by atoms with E-state index in [1.54, 1.807) is 0 Å². The van der Waals surface area contributed by atoms with Crippen molar-refractivity contribution < 1.29 is 0 Å². The highest BCUT2D eigenvalue weighted by atomic mass is 35.5. The van der Waals surface area contributed by atoms with E-state index in [9.17, 15) is 0 Å². The maximum atomic E-state index is 6.53. The third kappa shape index (κ3) is 3.44. The van der Waals surface area contributed by atoms with Crippen LogP contribution in [0.1, 0.15) is 0 Å². The Hall–Kier alpha value is -2.40. The van der Waals surface area contributed by atoms with E-state index in [1.807, 2.05) is 18.2 Å². The van der Waals surface area contributed by atoms with Gasteiger partial charge in [0.1, 0.15) is 0 Å². The summed E-state index contributed by atoms with van der Waals surface area (Å²) in [5.41, 5.74) is 2.29. The van der Waals surface area contributed by atoms with Crippen LogP contribution in [0.4, 0.5) is 0 Å². The van der Waals surface area contributed by atoms with E-state index in [2.05, 4.69) is 91.0 Å². The first-order valence-corrected chi connectivity index (χ1v) is 10.3. The van der Waals surface area contributed by atoms with Gasteiger partial charge < -0.3 is 0 Å². The maximum Gasteiger partial charge on any atom is 0.0484 e. The smallest absolute Gasteiger partial charge is 0.0484 e. The van der Waals surface area contributed by atoms with Crippen LogP contribution < -0.4 is 15.9 Å². The van der Waals surface area contributed by atoms with Crippen molar-refractivity contribution in [2.24, 2.45) is 0 Å². The molecule has 126 valence electrons. The largest absolute Gasteiger partial charge is 0.0837 e. The van der Waals surface area contributed by atoms with Crippen molar-refractivity contribution in [3.8, 4) is 11.1 Å². The Morgan fingerprint density at radius 3 is 1.50 bits per heavy atom. The second-order valence-electron chi connectivity index (χ2n) is 6.00. The first-order valence-electron chi connectivity index (χ1n) is 8.59. The van der Waals surface area contributed by atoms with Crippen LogP contribution in [-0.2, 0) is 0 Å². The highest BCUT2D eigenvalue weighted by molar-refractivity contribution is 7.80. The molecule has 0 radical (unpaired) electrons. The molecule has 26 heavy (non-hydrogen) atoms. The molecule has 0 aliphatic rings. The summed E-state index contributed by atoms with van der Waals surface area (Å²) in [6, 6.07) is 38.2. The van der Waals surface area contributed by atoms with Gasteiger partial charge in [-0.3, -0.25) is 0 Å². The van der Waals surface area contributed by atoms with Gasteiger partial charge in [-0.1, -0.05) is 115 Å². The van der Waals surface area contributed by atoms with Gasteiger partial charge in [0.25, 0.3) is 0 Å². The Morgan fingerprint density at radius 1 is 0.462 bits per heavy atom. The van der Waals surface area contributed by atoms with Crippen LogP contribution in [-0.4, -0.2) is 0 Å². The fraction of sp³-hybridized carbons (Fsp3) is 0. The monoisotopic (exact) mass is 372 g/mol. The summed E-state index contributed by atoms with van der Waals surface area (Å²) in [4.78, 5) is 0. The molecule has 2 heteroatoms. The lowest BCUT2D eigenvalue weighted by atomic mass is 10.1. The molecular formula is C24H18ClP. The summed E-state index contributed by atoms with van der Waals surface area (Å²) >= 11 is 6.53. The molecule has 0 heterocycles. The van der Waals surface area contributed by atoms with E-state index in [0.29, 0.717) is 0 Å². The predicted molar refractivity (Wildman–Crippen MR) is 116 cm³/mol. The molecule has 4 aromatic carbocycles. The number of hydrogen-bond donors (Lipinski definition) is 0. The van der Waals surface area contributed by atoms with Gasteiger partial charge in [0, 0.05) is 10.6 Å². The number of hydrogen-bond acceptors (Lipinski definition) is 0. The van der Waals surface area contributed by atoms with Crippen LogP contribution in [0.15, 0.2) is 109 Å². The lowest BCUT2D eigenvalue weighted by Gasteiger charge is -2.22. The molecular weight excluding hydrogens is 355 g/mol. The molecule has 0 saturated heterocycles. The van der Waals surface area contributed by atoms with Gasteiger partial charge >= 0.3 is 0 Å². The van der Waals surface area contributed by atoms with Crippen molar-refractivity contribution >= 4 is 35.4 Å². The molecule has 0 saturated carbocycles. The number of benzene rings is 4. The van der Waals surface area contributed by atoms with Crippen molar-refractivity contribution in [3.63, 3.8) is 0 Å². The van der Waals surface area contributed by atoms with Crippen LogP contribution in [0, 0.1) is 0 Å². The zero-order chi connectivity index (χ0) is 17.8. The van der Waals surface area contributed by atoms with Crippen LogP contribution in [0.25, 0.3) is 11.1 Å². The average molecular weight is 373 g/mol. The summed E-state index contributed by atoms with van der Waals surface area (Å²) < 4.78 is 0. The minimum absolute atomic E-state index is 0.661. The molecule has 0 amide bonds. The van der Waals surface area contributed by atoms with E-state index >= 15 is 0 Å². The van der Waals surface area contributed by atoms with Gasteiger partial charge in [-0.2, -0.15) is 0 Å². The SMILES string of the molecule is Clc1ccccc1-c1ccccc1P(c1ccccc1)c1ccccc1. The quantitative estimate of drug-likeness (QED) is 0.399. The second kappa shape index (κ2) is 7.87. The molecule has 0 spiro atoms. The molecule has 0 unspecified atom stereocenters. The third-order valence-electron chi connectivity index (χ3n) is 4.34. The Labute approximate surface area is 160 Å². The minimum atomic E-state index is -0.661. The van der Waals surface area contributed by atoms with Crippen LogP contribution in [0.2, 0.25) is 5.02 Å². The van der Waals surface area contributed by atoms with Crippen molar-refractivity contribution in [1.29, 1.82) is 0 Å². The highest BCUT2D eigenvalue weighted by Crippen LogP contribution is 2.38. The summed E-state index contributed by atoms with van der Waals surface area (Å²) in [5, 5.41) is 4.80. The molecule has 0 nitrogen and oxygen atoms in total. The standard InChI is InChI=1S/C24H18ClP/c25-23-17-9-7-15-21(23)22-16-8-10-18-24(22)26(19-11-3-1-4-12-19)20-13-5-2-6-14-20/h1-18H. The molecule has 4 rings (SSSR count). The molecule has 0 fully saturated rings. The fourth-order valence-corrected chi connectivity index (χ4v) is 5.86. The van der Waals surface area contributed by atoms with Crippen LogP contribution in [0.3, 0.4) is 0 Å². The van der Waals surface area contributed by atoms with E-state index in [4.69, 9.17) is 11.6 Å². The first-order chi connectivity index (χ1) is 12.8. The van der Waals surface area contributed by atoms with E-state index in [0.717, 1.165) is 10.6 Å². The molecule has 0 N–H and O–H groups in total. The van der Waals surface area contributed by atoms with Gasteiger partial charge in [0.05, 0.1) is 0 Å². The Bertz CT molecular complexity index is 957. The molecule has 0 aliphatic heterocycles. The summed E-state index contributed by atoms with van der Waals surface area (Å²) in [5.74, 6) is 0. The van der Waals surface area contributed by atoms with E-state index in [1.165, 1.54) is 21.5 Å². The summed E-state index contributed by atoms with van der Waals surface area (Å²) in [6.45, 7) is 0. The van der Waals surface area contributed by atoms with Gasteiger partial charge in [0.2, 0.25) is 0 Å². The highest BCUT2D eigenvalue weighted by Gasteiger charge is 2.20. The maximum absolute atomic E-state index is 6.53. The normalized spacial score (nSPS) is 10.8. The van der Waals surface area contributed by atoms with Gasteiger partial charge in [-0.15, -0.1) is 0 Å². The third-order valence-corrected chi connectivity index (χ3v) is 7.17. The van der Waals surface area contributed by atoms with Gasteiger partial charge in [-0.05, 0) is 35.5 Å². The van der Waals surface area contributed by atoms with E-state index < -0.39 is 7.92 Å². The van der Waals surface area contributed by atoms with Crippen molar-refractivity contribution in [3.05, 3.63) is 114 Å². The Kier molecular flexibility index (Phi) is 5.16.